The van der Waals surface area contributed by atoms with Crippen LogP contribution in [0.25, 0.3) is 33.2 Å². The predicted molar refractivity (Wildman–Crippen MR) is 115 cm³/mol. The van der Waals surface area contributed by atoms with E-state index < -0.39 is 6.36 Å². The SMILES string of the molecule is CN(C)CCOc1cc2[nH]c(-c3ccc4cccc(Cl)c4n3)cc2cc1OC(F)(F)F. The number of para-hydroxylation sites is 1. The van der Waals surface area contributed by atoms with E-state index in [4.69, 9.17) is 16.3 Å². The minimum absolute atomic E-state index is 0.00888. The number of pyridine rings is 1. The van der Waals surface area contributed by atoms with Crippen LogP contribution in [0.1, 0.15) is 0 Å². The Balaban J connectivity index is 1.74. The number of rotatable bonds is 6. The van der Waals surface area contributed by atoms with Crippen molar-refractivity contribution in [1.82, 2.24) is 14.9 Å². The monoisotopic (exact) mass is 449 g/mol. The Hall–Kier alpha value is -2.97. The van der Waals surface area contributed by atoms with Crippen LogP contribution in [0.5, 0.6) is 11.5 Å². The Morgan fingerprint density at radius 1 is 1.03 bits per heavy atom. The second-order valence-corrected chi connectivity index (χ2v) is 7.68. The molecule has 0 atom stereocenters. The Bertz CT molecular complexity index is 1240. The van der Waals surface area contributed by atoms with Crippen molar-refractivity contribution in [1.29, 1.82) is 0 Å². The molecule has 0 saturated heterocycles. The van der Waals surface area contributed by atoms with Crippen molar-refractivity contribution >= 4 is 33.4 Å². The largest absolute Gasteiger partial charge is 0.573 e. The van der Waals surface area contributed by atoms with E-state index in [1.54, 1.807) is 12.1 Å². The first kappa shape index (κ1) is 21.3. The Kier molecular flexibility index (Phi) is 5.68. The fraction of sp³-hybridized carbons (Fsp3) is 0.227. The molecule has 0 unspecified atom stereocenters. The number of nitrogens with one attached hydrogen (secondary N) is 1. The molecule has 5 nitrogen and oxygen atoms in total. The van der Waals surface area contributed by atoms with Gasteiger partial charge in [0.25, 0.3) is 0 Å². The number of aromatic amines is 1. The summed E-state index contributed by atoms with van der Waals surface area (Å²) < 4.78 is 48.5. The third-order valence-electron chi connectivity index (χ3n) is 4.65. The number of alkyl halides is 3. The summed E-state index contributed by atoms with van der Waals surface area (Å²) in [6, 6.07) is 13.7. The number of H-pyrrole nitrogens is 1. The van der Waals surface area contributed by atoms with Crippen LogP contribution in [0.2, 0.25) is 5.02 Å². The molecule has 0 aliphatic carbocycles. The summed E-state index contributed by atoms with van der Waals surface area (Å²) in [5.41, 5.74) is 2.50. The number of ether oxygens (including phenoxy) is 2. The van der Waals surface area contributed by atoms with Crippen LogP contribution in [-0.2, 0) is 0 Å². The van der Waals surface area contributed by atoms with Gasteiger partial charge in [-0.15, -0.1) is 13.2 Å². The van der Waals surface area contributed by atoms with Crippen molar-refractivity contribution in [2.24, 2.45) is 0 Å². The molecule has 4 aromatic rings. The van der Waals surface area contributed by atoms with Gasteiger partial charge in [0.05, 0.1) is 21.9 Å². The summed E-state index contributed by atoms with van der Waals surface area (Å²) in [6.45, 7) is 0.756. The van der Waals surface area contributed by atoms with Gasteiger partial charge < -0.3 is 19.4 Å². The van der Waals surface area contributed by atoms with Crippen LogP contribution >= 0.6 is 11.6 Å². The van der Waals surface area contributed by atoms with Crippen LogP contribution in [0, 0.1) is 0 Å². The lowest BCUT2D eigenvalue weighted by atomic mass is 10.1. The zero-order valence-corrected chi connectivity index (χ0v) is 17.5. The predicted octanol–water partition coefficient (Wildman–Crippen LogP) is 5.88. The van der Waals surface area contributed by atoms with Crippen molar-refractivity contribution in [2.75, 3.05) is 27.2 Å². The van der Waals surface area contributed by atoms with Crippen molar-refractivity contribution in [3.8, 4) is 22.9 Å². The van der Waals surface area contributed by atoms with Gasteiger partial charge in [0, 0.05) is 28.9 Å². The number of benzene rings is 2. The molecule has 4 rings (SSSR count). The standard InChI is InChI=1S/C22H19ClF3N3O2/c1-29(2)8-9-30-19-12-17-14(11-20(19)31-22(24,25)26)10-18(27-17)16-7-6-13-4-3-5-15(23)21(13)28-16/h3-7,10-12,27H,8-9H2,1-2H3. The lowest BCUT2D eigenvalue weighted by Crippen LogP contribution is -2.21. The van der Waals surface area contributed by atoms with Gasteiger partial charge >= 0.3 is 6.36 Å². The molecule has 2 heterocycles. The van der Waals surface area contributed by atoms with E-state index in [1.165, 1.54) is 12.1 Å². The van der Waals surface area contributed by atoms with Gasteiger partial charge in [-0.25, -0.2) is 4.98 Å². The van der Waals surface area contributed by atoms with Gasteiger partial charge in [-0.2, -0.15) is 0 Å². The summed E-state index contributed by atoms with van der Waals surface area (Å²) in [7, 11) is 3.69. The molecule has 0 bridgehead atoms. The van der Waals surface area contributed by atoms with Crippen molar-refractivity contribution < 1.29 is 22.6 Å². The highest BCUT2D eigenvalue weighted by Gasteiger charge is 2.33. The van der Waals surface area contributed by atoms with Crippen LogP contribution in [0.15, 0.2) is 48.5 Å². The number of hydrogen-bond acceptors (Lipinski definition) is 4. The van der Waals surface area contributed by atoms with Gasteiger partial charge in [-0.05, 0) is 38.4 Å². The summed E-state index contributed by atoms with van der Waals surface area (Å²) in [5, 5.41) is 1.95. The molecule has 0 fully saturated rings. The summed E-state index contributed by atoms with van der Waals surface area (Å²) in [4.78, 5) is 9.66. The highest BCUT2D eigenvalue weighted by atomic mass is 35.5. The summed E-state index contributed by atoms with van der Waals surface area (Å²) in [6.07, 6.45) is -4.83. The number of aromatic nitrogens is 2. The zero-order valence-electron chi connectivity index (χ0n) is 16.8. The van der Waals surface area contributed by atoms with E-state index >= 15 is 0 Å². The van der Waals surface area contributed by atoms with E-state index in [-0.39, 0.29) is 18.1 Å². The minimum atomic E-state index is -4.83. The minimum Gasteiger partial charge on any atom is -0.488 e. The molecule has 2 aromatic heterocycles. The highest BCUT2D eigenvalue weighted by Crippen LogP contribution is 2.37. The normalized spacial score (nSPS) is 12.1. The molecule has 31 heavy (non-hydrogen) atoms. The first-order valence-electron chi connectivity index (χ1n) is 9.45. The maximum atomic E-state index is 12.9. The fourth-order valence-corrected chi connectivity index (χ4v) is 3.42. The van der Waals surface area contributed by atoms with Crippen LogP contribution in [0.4, 0.5) is 13.2 Å². The van der Waals surface area contributed by atoms with Gasteiger partial charge in [-0.3, -0.25) is 0 Å². The van der Waals surface area contributed by atoms with E-state index in [9.17, 15) is 13.2 Å². The number of halogens is 4. The zero-order chi connectivity index (χ0) is 22.2. The van der Waals surface area contributed by atoms with Crippen molar-refractivity contribution in [3.63, 3.8) is 0 Å². The molecule has 0 spiro atoms. The number of likely N-dealkylation sites (N-methyl/N-ethyl adjacent to an activating group) is 1. The lowest BCUT2D eigenvalue weighted by Gasteiger charge is -2.16. The first-order valence-corrected chi connectivity index (χ1v) is 9.83. The van der Waals surface area contributed by atoms with Crippen LogP contribution in [-0.4, -0.2) is 48.5 Å². The summed E-state index contributed by atoms with van der Waals surface area (Å²) >= 11 is 6.25. The number of fused-ring (bicyclic) bond motifs is 2. The smallest absolute Gasteiger partial charge is 0.488 e. The van der Waals surface area contributed by atoms with E-state index in [0.29, 0.717) is 39.4 Å². The molecule has 1 N–H and O–H groups in total. The molecule has 0 aliphatic rings. The number of nitrogens with zero attached hydrogens (tertiary/aromatic N) is 2. The lowest BCUT2D eigenvalue weighted by molar-refractivity contribution is -0.275. The quantitative estimate of drug-likeness (QED) is 0.399. The van der Waals surface area contributed by atoms with Gasteiger partial charge in [0.1, 0.15) is 6.61 Å². The number of hydrogen-bond donors (Lipinski definition) is 1. The van der Waals surface area contributed by atoms with Gasteiger partial charge in [-0.1, -0.05) is 29.8 Å². The second kappa shape index (κ2) is 8.28. The molecule has 0 saturated carbocycles. The molecule has 2 aromatic carbocycles. The summed E-state index contributed by atoms with van der Waals surface area (Å²) in [5.74, 6) is -0.381. The maximum Gasteiger partial charge on any atom is 0.573 e. The van der Waals surface area contributed by atoms with Crippen LogP contribution in [0.3, 0.4) is 0 Å². The molecule has 0 amide bonds. The molecular formula is C22H19ClF3N3O2. The average molecular weight is 450 g/mol. The fourth-order valence-electron chi connectivity index (χ4n) is 3.19. The molecule has 0 radical (unpaired) electrons. The molecule has 9 heteroatoms. The van der Waals surface area contributed by atoms with Gasteiger partial charge in [0.15, 0.2) is 11.5 Å². The molecule has 162 valence electrons. The van der Waals surface area contributed by atoms with Crippen molar-refractivity contribution in [3.05, 3.63) is 53.6 Å². The van der Waals surface area contributed by atoms with E-state index in [2.05, 4.69) is 14.7 Å². The molecular weight excluding hydrogens is 431 g/mol. The third kappa shape index (κ3) is 4.86. The second-order valence-electron chi connectivity index (χ2n) is 7.28. The van der Waals surface area contributed by atoms with E-state index in [0.717, 1.165) is 5.39 Å². The molecule has 0 aliphatic heterocycles. The third-order valence-corrected chi connectivity index (χ3v) is 4.96. The first-order chi connectivity index (χ1) is 14.7. The Morgan fingerprint density at radius 3 is 2.58 bits per heavy atom. The Morgan fingerprint density at radius 2 is 1.84 bits per heavy atom. The maximum absolute atomic E-state index is 12.9. The Labute approximate surface area is 181 Å². The average Bonchev–Trinajstić information content (AvgIpc) is 3.09. The van der Waals surface area contributed by atoms with Crippen molar-refractivity contribution in [2.45, 2.75) is 6.36 Å². The highest BCUT2D eigenvalue weighted by molar-refractivity contribution is 6.35. The van der Waals surface area contributed by atoms with E-state index in [1.807, 2.05) is 43.3 Å². The van der Waals surface area contributed by atoms with Crippen LogP contribution < -0.4 is 9.47 Å². The van der Waals surface area contributed by atoms with Gasteiger partial charge in [0.2, 0.25) is 0 Å². The topological polar surface area (TPSA) is 50.4 Å².